The molecule has 194 valence electrons. The molecule has 3 fully saturated rings. The van der Waals surface area contributed by atoms with Crippen molar-refractivity contribution in [3.63, 3.8) is 0 Å². The predicted molar refractivity (Wildman–Crippen MR) is 134 cm³/mol. The van der Waals surface area contributed by atoms with E-state index in [1.807, 2.05) is 30.3 Å². The van der Waals surface area contributed by atoms with Crippen molar-refractivity contribution in [1.29, 1.82) is 5.26 Å². The maximum Gasteiger partial charge on any atom is 0.408 e. The molecule has 3 aliphatic heterocycles. The number of hydrogen-bond acceptors (Lipinski definition) is 6. The molecular formula is C26H34N4O5S. The van der Waals surface area contributed by atoms with E-state index in [2.05, 4.69) is 11.4 Å². The summed E-state index contributed by atoms with van der Waals surface area (Å²) in [5.41, 5.74) is 0.278. The first-order valence-electron chi connectivity index (χ1n) is 12.5. The van der Waals surface area contributed by atoms with Crippen LogP contribution in [-0.2, 0) is 25.1 Å². The lowest BCUT2D eigenvalue weighted by molar-refractivity contribution is -0.146. The fraction of sp³-hybridized carbons (Fsp3) is 0.615. The molecule has 0 radical (unpaired) electrons. The zero-order chi connectivity index (χ0) is 26.0. The summed E-state index contributed by atoms with van der Waals surface area (Å²) in [7, 11) is -1.27. The smallest absolute Gasteiger partial charge is 0.408 e. The highest BCUT2D eigenvalue weighted by atomic mass is 32.2. The Labute approximate surface area is 214 Å². The molecular weight excluding hydrogens is 480 g/mol. The van der Waals surface area contributed by atoms with Crippen LogP contribution in [0.5, 0.6) is 0 Å². The van der Waals surface area contributed by atoms with Gasteiger partial charge in [0.1, 0.15) is 17.7 Å². The number of nitrogens with one attached hydrogen (secondary N) is 1. The summed E-state index contributed by atoms with van der Waals surface area (Å²) in [5.74, 6) is -0.575. The van der Waals surface area contributed by atoms with E-state index >= 15 is 0 Å². The molecule has 0 aliphatic carbocycles. The van der Waals surface area contributed by atoms with Crippen molar-refractivity contribution < 1.29 is 23.3 Å². The van der Waals surface area contributed by atoms with E-state index in [0.29, 0.717) is 38.1 Å². The summed E-state index contributed by atoms with van der Waals surface area (Å²) in [5, 5.41) is 12.3. The van der Waals surface area contributed by atoms with Gasteiger partial charge in [-0.15, -0.1) is 0 Å². The van der Waals surface area contributed by atoms with E-state index in [4.69, 9.17) is 4.74 Å². The molecule has 1 N–H and O–H groups in total. The van der Waals surface area contributed by atoms with Crippen LogP contribution in [0.4, 0.5) is 4.79 Å². The number of nitrogens with zero attached hydrogens (tertiary/aromatic N) is 3. The highest BCUT2D eigenvalue weighted by molar-refractivity contribution is 7.85. The summed E-state index contributed by atoms with van der Waals surface area (Å²) < 4.78 is 17.9. The molecule has 0 bridgehead atoms. The van der Waals surface area contributed by atoms with Crippen molar-refractivity contribution in [1.82, 2.24) is 15.1 Å². The number of alkyl carbamates (subject to hydrolysis) is 1. The molecule has 1 unspecified atom stereocenters. The Balaban J connectivity index is 1.52. The fourth-order valence-electron chi connectivity index (χ4n) is 5.45. The highest BCUT2D eigenvalue weighted by Crippen LogP contribution is 2.36. The number of nitriles is 1. The first kappa shape index (κ1) is 26.1. The highest BCUT2D eigenvalue weighted by Gasteiger charge is 2.48. The van der Waals surface area contributed by atoms with Crippen molar-refractivity contribution in [3.8, 4) is 6.07 Å². The molecule has 1 aromatic carbocycles. The number of ether oxygens (including phenoxy) is 1. The molecule has 6 atom stereocenters. The molecule has 3 heterocycles. The number of carbonyl (C=O) groups is 3. The monoisotopic (exact) mass is 514 g/mol. The van der Waals surface area contributed by atoms with Crippen molar-refractivity contribution in [3.05, 3.63) is 35.9 Å². The van der Waals surface area contributed by atoms with Crippen LogP contribution in [0, 0.1) is 17.2 Å². The van der Waals surface area contributed by atoms with E-state index in [-0.39, 0.29) is 29.5 Å². The van der Waals surface area contributed by atoms with Crippen LogP contribution in [-0.4, -0.2) is 80.2 Å². The maximum atomic E-state index is 13.7. The van der Waals surface area contributed by atoms with Gasteiger partial charge < -0.3 is 19.9 Å². The number of hydrogen-bond donors (Lipinski definition) is 1. The Hall–Kier alpha value is -2.93. The molecule has 0 saturated carbocycles. The van der Waals surface area contributed by atoms with Gasteiger partial charge in [0.15, 0.2) is 0 Å². The van der Waals surface area contributed by atoms with E-state index in [1.54, 1.807) is 30.6 Å². The molecule has 0 aromatic heterocycles. The summed E-state index contributed by atoms with van der Waals surface area (Å²) in [6.07, 6.45) is 0.939. The number of carbonyl (C=O) groups excluding carboxylic acids is 3. The Morgan fingerprint density at radius 2 is 1.86 bits per heavy atom. The molecule has 0 spiro atoms. The van der Waals surface area contributed by atoms with E-state index in [9.17, 15) is 23.9 Å². The molecule has 3 aliphatic rings. The zero-order valence-electron chi connectivity index (χ0n) is 21.0. The lowest BCUT2D eigenvalue weighted by Crippen LogP contribution is -2.59. The summed E-state index contributed by atoms with van der Waals surface area (Å²) >= 11 is 0. The molecule has 10 heteroatoms. The van der Waals surface area contributed by atoms with Gasteiger partial charge in [0.25, 0.3) is 0 Å². The predicted octanol–water partition coefficient (Wildman–Crippen LogP) is 2.16. The van der Waals surface area contributed by atoms with Crippen LogP contribution in [0.1, 0.15) is 51.5 Å². The maximum absolute atomic E-state index is 13.7. The minimum absolute atomic E-state index is 0.0154. The van der Waals surface area contributed by atoms with Gasteiger partial charge in [-0.05, 0) is 45.6 Å². The summed E-state index contributed by atoms with van der Waals surface area (Å²) in [6, 6.07) is 10.2. The Kier molecular flexibility index (Phi) is 7.69. The second-order valence-corrected chi connectivity index (χ2v) is 12.4. The average molecular weight is 515 g/mol. The van der Waals surface area contributed by atoms with E-state index in [1.165, 1.54) is 0 Å². The van der Waals surface area contributed by atoms with Crippen LogP contribution in [0.15, 0.2) is 30.3 Å². The second kappa shape index (κ2) is 10.6. The van der Waals surface area contributed by atoms with Crippen LogP contribution in [0.25, 0.3) is 0 Å². The lowest BCUT2D eigenvalue weighted by atomic mass is 9.90. The standard InChI is InChI=1S/C26H34N4O5S/c1-26(2,3)35-25(33)28-21-16-36(34)12-11-19-9-10-22(30(19)23(21)31)24(32)29-14-18(13-27)20(15-29)17-7-5-4-6-8-17/h4-8,18-22H,9-12,14-16H2,1-3H3,(H,28,33)/t18-,19+,20+,21-,22-,36?/m0/s1. The second-order valence-electron chi connectivity index (χ2n) is 10.8. The van der Waals surface area contributed by atoms with Gasteiger partial charge in [-0.3, -0.25) is 13.8 Å². The molecule has 1 aromatic rings. The fourth-order valence-corrected chi connectivity index (χ4v) is 6.75. The van der Waals surface area contributed by atoms with Crippen LogP contribution in [0.2, 0.25) is 0 Å². The molecule has 36 heavy (non-hydrogen) atoms. The van der Waals surface area contributed by atoms with Gasteiger partial charge in [-0.25, -0.2) is 4.79 Å². The molecule has 3 saturated heterocycles. The van der Waals surface area contributed by atoms with Gasteiger partial charge >= 0.3 is 6.09 Å². The summed E-state index contributed by atoms with van der Waals surface area (Å²) in [6.45, 7) is 5.92. The Bertz CT molecular complexity index is 1070. The van der Waals surface area contributed by atoms with Gasteiger partial charge in [0.05, 0.1) is 17.7 Å². The Morgan fingerprint density at radius 1 is 1.14 bits per heavy atom. The minimum atomic E-state index is -1.27. The van der Waals surface area contributed by atoms with Crippen molar-refractivity contribution in [2.75, 3.05) is 24.6 Å². The molecule has 4 rings (SSSR count). The van der Waals surface area contributed by atoms with Crippen LogP contribution >= 0.6 is 0 Å². The topological polar surface area (TPSA) is 120 Å². The first-order chi connectivity index (χ1) is 17.1. The number of likely N-dealkylation sites (tertiary alicyclic amines) is 1. The third-order valence-electron chi connectivity index (χ3n) is 7.09. The average Bonchev–Trinajstić information content (AvgIpc) is 3.44. The van der Waals surface area contributed by atoms with E-state index in [0.717, 1.165) is 5.56 Å². The number of benzene rings is 1. The first-order valence-corrected chi connectivity index (χ1v) is 14.0. The molecule has 3 amide bonds. The summed E-state index contributed by atoms with van der Waals surface area (Å²) in [4.78, 5) is 43.1. The quantitative estimate of drug-likeness (QED) is 0.660. The number of fused-ring (bicyclic) bond motifs is 1. The van der Waals surface area contributed by atoms with E-state index < -0.39 is 40.5 Å². The third-order valence-corrected chi connectivity index (χ3v) is 8.48. The van der Waals surface area contributed by atoms with Gasteiger partial charge in [-0.1, -0.05) is 30.3 Å². The minimum Gasteiger partial charge on any atom is -0.444 e. The number of rotatable bonds is 3. The van der Waals surface area contributed by atoms with Crippen LogP contribution in [0.3, 0.4) is 0 Å². The van der Waals surface area contributed by atoms with Crippen molar-refractivity contribution in [2.24, 2.45) is 5.92 Å². The number of amides is 3. The largest absolute Gasteiger partial charge is 0.444 e. The van der Waals surface area contributed by atoms with Crippen molar-refractivity contribution >= 4 is 28.7 Å². The van der Waals surface area contributed by atoms with Gasteiger partial charge in [-0.2, -0.15) is 5.26 Å². The SMILES string of the molecule is CC(C)(C)OC(=O)N[C@H]1CS(=O)CC[C@H]2CC[C@@H](C(=O)N3C[C@H](c4ccccc4)[C@@H](C#N)C3)N2C1=O. The third kappa shape index (κ3) is 5.72. The zero-order valence-corrected chi connectivity index (χ0v) is 21.8. The normalized spacial score (nSPS) is 30.7. The Morgan fingerprint density at radius 3 is 2.53 bits per heavy atom. The lowest BCUT2D eigenvalue weighted by Gasteiger charge is -2.36. The molecule has 9 nitrogen and oxygen atoms in total. The van der Waals surface area contributed by atoms with Gasteiger partial charge in [0.2, 0.25) is 11.8 Å². The van der Waals surface area contributed by atoms with Crippen LogP contribution < -0.4 is 5.32 Å². The van der Waals surface area contributed by atoms with Gasteiger partial charge in [0, 0.05) is 41.6 Å². The van der Waals surface area contributed by atoms with Crippen molar-refractivity contribution in [2.45, 2.75) is 69.7 Å².